The Kier molecular flexibility index (Phi) is 4.85. The maximum Gasteiger partial charge on any atom is 0.256 e. The largest absolute Gasteiger partial charge is 0.321 e. The Morgan fingerprint density at radius 2 is 1.79 bits per heavy atom. The number of nitrogens with one attached hydrogen (secondary N) is 1. The van der Waals surface area contributed by atoms with Crippen LogP contribution >= 0.6 is 0 Å². The molecule has 4 rings (SSSR count). The molecule has 0 aliphatic carbocycles. The summed E-state index contributed by atoms with van der Waals surface area (Å²) in [4.78, 5) is 22.4. The molecule has 0 aliphatic rings. The number of aromatic nitrogens is 2. The Bertz CT molecular complexity index is 1150. The van der Waals surface area contributed by atoms with Crippen LogP contribution in [0, 0.1) is 6.92 Å². The van der Waals surface area contributed by atoms with E-state index in [1.54, 1.807) is 6.20 Å². The summed E-state index contributed by atoms with van der Waals surface area (Å²) in [5, 5.41) is 3.96. The van der Waals surface area contributed by atoms with Gasteiger partial charge in [-0.25, -0.2) is 4.98 Å². The first-order chi connectivity index (χ1) is 13.7. The Hall–Kier alpha value is -3.53. The van der Waals surface area contributed by atoms with Crippen LogP contribution in [0.3, 0.4) is 0 Å². The van der Waals surface area contributed by atoms with E-state index in [9.17, 15) is 4.79 Å². The van der Waals surface area contributed by atoms with E-state index < -0.39 is 0 Å². The number of carbonyl (C=O) groups excluding carboxylic acids is 1. The lowest BCUT2D eigenvalue weighted by atomic mass is 10.0. The van der Waals surface area contributed by atoms with Crippen molar-refractivity contribution in [3.63, 3.8) is 0 Å². The van der Waals surface area contributed by atoms with Crippen molar-refractivity contribution in [2.45, 2.75) is 20.3 Å². The molecule has 0 atom stereocenters. The molecule has 0 spiro atoms. The van der Waals surface area contributed by atoms with Gasteiger partial charge in [0, 0.05) is 17.3 Å². The molecular formula is C24H21N3O. The highest BCUT2D eigenvalue weighted by molar-refractivity contribution is 6.13. The number of benzene rings is 2. The summed E-state index contributed by atoms with van der Waals surface area (Å²) < 4.78 is 0. The van der Waals surface area contributed by atoms with Crippen molar-refractivity contribution >= 4 is 22.5 Å². The van der Waals surface area contributed by atoms with Crippen LogP contribution in [0.4, 0.5) is 5.69 Å². The molecule has 1 amide bonds. The zero-order chi connectivity index (χ0) is 19.5. The second-order valence-corrected chi connectivity index (χ2v) is 6.70. The maximum absolute atomic E-state index is 13.3. The van der Waals surface area contributed by atoms with E-state index in [1.807, 2.05) is 73.7 Å². The van der Waals surface area contributed by atoms with Gasteiger partial charge in [-0.1, -0.05) is 49.4 Å². The van der Waals surface area contributed by atoms with Crippen LogP contribution in [-0.2, 0) is 6.42 Å². The molecule has 4 nitrogen and oxygen atoms in total. The van der Waals surface area contributed by atoms with Gasteiger partial charge in [0.25, 0.3) is 5.91 Å². The molecule has 0 aliphatic heterocycles. The van der Waals surface area contributed by atoms with Gasteiger partial charge in [0.2, 0.25) is 0 Å². The van der Waals surface area contributed by atoms with Crippen LogP contribution in [0.5, 0.6) is 0 Å². The topological polar surface area (TPSA) is 54.9 Å². The molecule has 4 aromatic rings. The number of fused-ring (bicyclic) bond motifs is 1. The van der Waals surface area contributed by atoms with E-state index in [0.717, 1.165) is 39.8 Å². The number of amides is 1. The fraction of sp³-hybridized carbons (Fsp3) is 0.125. The molecule has 2 aromatic heterocycles. The van der Waals surface area contributed by atoms with Gasteiger partial charge in [-0.05, 0) is 48.7 Å². The second kappa shape index (κ2) is 7.61. The Balaban J connectivity index is 1.83. The molecule has 2 heterocycles. The van der Waals surface area contributed by atoms with Gasteiger partial charge in [0.05, 0.1) is 22.5 Å². The number of hydrogen-bond donors (Lipinski definition) is 1. The summed E-state index contributed by atoms with van der Waals surface area (Å²) in [5.41, 5.74) is 5.85. The molecule has 0 bridgehead atoms. The van der Waals surface area contributed by atoms with Crippen molar-refractivity contribution in [1.82, 2.24) is 9.97 Å². The third kappa shape index (κ3) is 3.37. The number of aryl methyl sites for hydroxylation is 2. The fourth-order valence-corrected chi connectivity index (χ4v) is 3.39. The van der Waals surface area contributed by atoms with Crippen LogP contribution in [0.25, 0.3) is 22.3 Å². The first-order valence-electron chi connectivity index (χ1n) is 9.38. The number of nitrogens with zero attached hydrogens (tertiary/aromatic N) is 2. The molecule has 0 fully saturated rings. The average molecular weight is 367 g/mol. The quantitative estimate of drug-likeness (QED) is 0.524. The summed E-state index contributed by atoms with van der Waals surface area (Å²) in [7, 11) is 0. The van der Waals surface area contributed by atoms with Crippen LogP contribution in [-0.4, -0.2) is 15.9 Å². The van der Waals surface area contributed by atoms with E-state index in [4.69, 9.17) is 4.98 Å². The van der Waals surface area contributed by atoms with Crippen molar-refractivity contribution in [2.24, 2.45) is 0 Å². The third-order valence-electron chi connectivity index (χ3n) is 4.87. The second-order valence-electron chi connectivity index (χ2n) is 6.70. The van der Waals surface area contributed by atoms with E-state index in [0.29, 0.717) is 11.3 Å². The number of carbonyl (C=O) groups is 1. The Morgan fingerprint density at radius 3 is 2.57 bits per heavy atom. The summed E-state index contributed by atoms with van der Waals surface area (Å²) in [6.07, 6.45) is 2.58. The first-order valence-corrected chi connectivity index (χ1v) is 9.38. The molecule has 0 saturated carbocycles. The predicted octanol–water partition coefficient (Wildman–Crippen LogP) is 5.42. The van der Waals surface area contributed by atoms with Gasteiger partial charge in [-0.3, -0.25) is 9.78 Å². The molecular weight excluding hydrogens is 346 g/mol. The lowest BCUT2D eigenvalue weighted by Crippen LogP contribution is -2.15. The predicted molar refractivity (Wildman–Crippen MR) is 113 cm³/mol. The van der Waals surface area contributed by atoms with E-state index in [-0.39, 0.29) is 5.91 Å². The molecule has 1 N–H and O–H groups in total. The lowest BCUT2D eigenvalue weighted by molar-refractivity contribution is 0.102. The van der Waals surface area contributed by atoms with Gasteiger partial charge >= 0.3 is 0 Å². The van der Waals surface area contributed by atoms with Gasteiger partial charge in [-0.15, -0.1) is 0 Å². The van der Waals surface area contributed by atoms with E-state index >= 15 is 0 Å². The van der Waals surface area contributed by atoms with Crippen LogP contribution in [0.2, 0.25) is 0 Å². The highest BCUT2D eigenvalue weighted by Gasteiger charge is 2.16. The van der Waals surface area contributed by atoms with Crippen molar-refractivity contribution in [1.29, 1.82) is 0 Å². The summed E-state index contributed by atoms with van der Waals surface area (Å²) in [6, 6.07) is 21.3. The average Bonchev–Trinajstić information content (AvgIpc) is 2.75. The summed E-state index contributed by atoms with van der Waals surface area (Å²) >= 11 is 0. The van der Waals surface area contributed by atoms with Gasteiger partial charge < -0.3 is 5.32 Å². The Morgan fingerprint density at radius 1 is 0.964 bits per heavy atom. The normalized spacial score (nSPS) is 10.8. The van der Waals surface area contributed by atoms with Crippen LogP contribution in [0.1, 0.15) is 28.4 Å². The Labute approximate surface area is 164 Å². The number of pyridine rings is 2. The van der Waals surface area contributed by atoms with E-state index in [2.05, 4.69) is 17.2 Å². The highest BCUT2D eigenvalue weighted by Crippen LogP contribution is 2.26. The molecule has 0 saturated heterocycles. The highest BCUT2D eigenvalue weighted by atomic mass is 16.1. The van der Waals surface area contributed by atoms with E-state index in [1.165, 1.54) is 0 Å². The number of para-hydroxylation sites is 2. The van der Waals surface area contributed by atoms with Gasteiger partial charge in [0.15, 0.2) is 0 Å². The number of rotatable bonds is 4. The zero-order valence-corrected chi connectivity index (χ0v) is 15.9. The van der Waals surface area contributed by atoms with Crippen molar-refractivity contribution in [3.8, 4) is 11.4 Å². The van der Waals surface area contributed by atoms with Gasteiger partial charge in [-0.2, -0.15) is 0 Å². The van der Waals surface area contributed by atoms with Crippen LogP contribution < -0.4 is 5.32 Å². The number of anilines is 1. The lowest BCUT2D eigenvalue weighted by Gasteiger charge is -2.14. The zero-order valence-electron chi connectivity index (χ0n) is 15.9. The maximum atomic E-state index is 13.3. The minimum absolute atomic E-state index is 0.139. The monoisotopic (exact) mass is 367 g/mol. The van der Waals surface area contributed by atoms with Crippen molar-refractivity contribution in [3.05, 3.63) is 89.6 Å². The molecule has 28 heavy (non-hydrogen) atoms. The van der Waals surface area contributed by atoms with Crippen molar-refractivity contribution in [2.75, 3.05) is 5.32 Å². The number of hydrogen-bond acceptors (Lipinski definition) is 3. The standard InChI is InChI=1S/C24H21N3O/c1-3-17-10-8-9-16(2)23(17)27-24(28)19-15-22(21-13-6-7-14-25-21)26-20-12-5-4-11-18(19)20/h4-15H,3H2,1-2H3,(H,27,28). The molecule has 2 aromatic carbocycles. The summed E-state index contributed by atoms with van der Waals surface area (Å²) in [6.45, 7) is 4.10. The molecule has 0 unspecified atom stereocenters. The molecule has 0 radical (unpaired) electrons. The SMILES string of the molecule is CCc1cccc(C)c1NC(=O)c1cc(-c2ccccn2)nc2ccccc12. The molecule has 138 valence electrons. The molecule has 4 heteroatoms. The third-order valence-corrected chi connectivity index (χ3v) is 4.87. The van der Waals surface area contributed by atoms with Gasteiger partial charge in [0.1, 0.15) is 0 Å². The van der Waals surface area contributed by atoms with Crippen LogP contribution in [0.15, 0.2) is 72.9 Å². The minimum atomic E-state index is -0.139. The smallest absolute Gasteiger partial charge is 0.256 e. The summed E-state index contributed by atoms with van der Waals surface area (Å²) in [5.74, 6) is -0.139. The minimum Gasteiger partial charge on any atom is -0.321 e. The first kappa shape index (κ1) is 17.9. The fourth-order valence-electron chi connectivity index (χ4n) is 3.39. The van der Waals surface area contributed by atoms with Crippen molar-refractivity contribution < 1.29 is 4.79 Å².